The lowest BCUT2D eigenvalue weighted by Gasteiger charge is -2.23. The normalized spacial score (nSPS) is 15.4. The summed E-state index contributed by atoms with van der Waals surface area (Å²) in [4.78, 5) is 28.3. The molecule has 7 heteroatoms. The van der Waals surface area contributed by atoms with Crippen molar-refractivity contribution in [1.29, 1.82) is 0 Å². The number of rotatable bonds is 6. The van der Waals surface area contributed by atoms with Crippen LogP contribution in [-0.2, 0) is 11.3 Å². The minimum atomic E-state index is -1.22. The number of carbonyl (C=O) groups excluding carboxylic acids is 1. The lowest BCUT2D eigenvalue weighted by atomic mass is 10.1. The van der Waals surface area contributed by atoms with Crippen molar-refractivity contribution in [2.45, 2.75) is 61.8 Å². The molecular weight excluding hydrogens is 314 g/mol. The van der Waals surface area contributed by atoms with E-state index in [1.54, 1.807) is 6.20 Å². The van der Waals surface area contributed by atoms with Crippen LogP contribution in [0.2, 0.25) is 0 Å². The van der Waals surface area contributed by atoms with Gasteiger partial charge < -0.3 is 15.7 Å². The van der Waals surface area contributed by atoms with Gasteiger partial charge in [-0.2, -0.15) is 0 Å². The fraction of sp³-hybridized carbons (Fsp3) is 0.562. The summed E-state index contributed by atoms with van der Waals surface area (Å²) in [6.07, 6.45) is 5.49. The predicted molar refractivity (Wildman–Crippen MR) is 89.4 cm³/mol. The van der Waals surface area contributed by atoms with Gasteiger partial charge in [-0.05, 0) is 38.8 Å². The number of nitrogens with one attached hydrogen (secondary N) is 2. The lowest BCUT2D eigenvalue weighted by Crippen LogP contribution is -2.54. The Kier molecular flexibility index (Phi) is 5.87. The second-order valence-electron chi connectivity index (χ2n) is 6.21. The third kappa shape index (κ3) is 5.13. The standard InChI is InChI=1S/C16H23N3O3S/c1-16(2,19-15(21)22)14(20)18-10-12-13(8-5-9-17-12)23-11-6-3-4-7-11/h5,8-9,11,19H,3-4,6-7,10H2,1-2H3,(H,18,20)(H,21,22). The summed E-state index contributed by atoms with van der Waals surface area (Å²) >= 11 is 1.82. The highest BCUT2D eigenvalue weighted by Crippen LogP contribution is 2.35. The third-order valence-electron chi connectivity index (χ3n) is 3.85. The molecule has 0 spiro atoms. The summed E-state index contributed by atoms with van der Waals surface area (Å²) in [5, 5.41) is 14.4. The summed E-state index contributed by atoms with van der Waals surface area (Å²) in [7, 11) is 0. The summed E-state index contributed by atoms with van der Waals surface area (Å²) in [6, 6.07) is 3.93. The monoisotopic (exact) mass is 337 g/mol. The van der Waals surface area contributed by atoms with Gasteiger partial charge in [0.25, 0.3) is 0 Å². The molecule has 1 aliphatic carbocycles. The van der Waals surface area contributed by atoms with Crippen molar-refractivity contribution in [2.24, 2.45) is 0 Å². The van der Waals surface area contributed by atoms with E-state index in [9.17, 15) is 9.59 Å². The topological polar surface area (TPSA) is 91.3 Å². The number of hydrogen-bond donors (Lipinski definition) is 3. The van der Waals surface area contributed by atoms with Crippen molar-refractivity contribution in [1.82, 2.24) is 15.6 Å². The van der Waals surface area contributed by atoms with Gasteiger partial charge in [0.15, 0.2) is 0 Å². The summed E-state index contributed by atoms with van der Waals surface area (Å²) < 4.78 is 0. The SMILES string of the molecule is CC(C)(NC(=O)O)C(=O)NCc1ncccc1SC1CCCC1. The molecule has 126 valence electrons. The minimum absolute atomic E-state index is 0.291. The maximum Gasteiger partial charge on any atom is 0.405 e. The second kappa shape index (κ2) is 7.68. The zero-order chi connectivity index (χ0) is 16.9. The number of thioether (sulfide) groups is 1. The lowest BCUT2D eigenvalue weighted by molar-refractivity contribution is -0.126. The van der Waals surface area contributed by atoms with Crippen molar-refractivity contribution in [2.75, 3.05) is 0 Å². The van der Waals surface area contributed by atoms with Crippen molar-refractivity contribution in [3.8, 4) is 0 Å². The van der Waals surface area contributed by atoms with E-state index >= 15 is 0 Å². The molecule has 0 atom stereocenters. The van der Waals surface area contributed by atoms with Gasteiger partial charge >= 0.3 is 6.09 Å². The molecule has 2 rings (SSSR count). The fourth-order valence-electron chi connectivity index (χ4n) is 2.56. The molecule has 23 heavy (non-hydrogen) atoms. The summed E-state index contributed by atoms with van der Waals surface area (Å²) in [5.41, 5.74) is -0.358. The van der Waals surface area contributed by atoms with Crippen LogP contribution < -0.4 is 10.6 Å². The van der Waals surface area contributed by atoms with Gasteiger partial charge in [0, 0.05) is 16.3 Å². The Morgan fingerprint density at radius 2 is 2.09 bits per heavy atom. The Bertz CT molecular complexity index is 571. The zero-order valence-electron chi connectivity index (χ0n) is 13.5. The van der Waals surface area contributed by atoms with E-state index in [1.807, 2.05) is 23.9 Å². The van der Waals surface area contributed by atoms with Crippen LogP contribution in [0.5, 0.6) is 0 Å². The zero-order valence-corrected chi connectivity index (χ0v) is 14.3. The summed E-state index contributed by atoms with van der Waals surface area (Å²) in [6.45, 7) is 3.35. The quantitative estimate of drug-likeness (QED) is 0.742. The number of nitrogens with zero attached hydrogens (tertiary/aromatic N) is 1. The Hall–Kier alpha value is -1.76. The fourth-order valence-corrected chi connectivity index (χ4v) is 3.90. The first-order valence-electron chi connectivity index (χ1n) is 7.78. The van der Waals surface area contributed by atoms with E-state index in [0.29, 0.717) is 11.8 Å². The van der Waals surface area contributed by atoms with E-state index in [0.717, 1.165) is 10.6 Å². The highest BCUT2D eigenvalue weighted by molar-refractivity contribution is 8.00. The van der Waals surface area contributed by atoms with Gasteiger partial charge in [-0.15, -0.1) is 11.8 Å². The molecule has 1 saturated carbocycles. The molecule has 1 heterocycles. The van der Waals surface area contributed by atoms with Gasteiger partial charge in [-0.3, -0.25) is 9.78 Å². The highest BCUT2D eigenvalue weighted by atomic mass is 32.2. The van der Waals surface area contributed by atoms with E-state index in [4.69, 9.17) is 5.11 Å². The molecule has 0 radical (unpaired) electrons. The van der Waals surface area contributed by atoms with Gasteiger partial charge in [-0.25, -0.2) is 4.79 Å². The Balaban J connectivity index is 1.97. The molecule has 1 fully saturated rings. The molecule has 0 aromatic carbocycles. The van der Waals surface area contributed by atoms with Crippen LogP contribution in [0, 0.1) is 0 Å². The number of aromatic nitrogens is 1. The van der Waals surface area contributed by atoms with Crippen LogP contribution in [0.1, 0.15) is 45.2 Å². The smallest absolute Gasteiger partial charge is 0.405 e. The molecule has 6 nitrogen and oxygen atoms in total. The average molecular weight is 337 g/mol. The Labute approximate surface area is 140 Å². The van der Waals surface area contributed by atoms with Gasteiger partial charge in [0.1, 0.15) is 5.54 Å². The van der Waals surface area contributed by atoms with Gasteiger partial charge in [0.2, 0.25) is 5.91 Å². The average Bonchev–Trinajstić information content (AvgIpc) is 2.97. The van der Waals surface area contributed by atoms with Crippen LogP contribution >= 0.6 is 11.8 Å². The Morgan fingerprint density at radius 1 is 1.39 bits per heavy atom. The molecule has 3 N–H and O–H groups in total. The second-order valence-corrected chi connectivity index (χ2v) is 7.55. The highest BCUT2D eigenvalue weighted by Gasteiger charge is 2.29. The first kappa shape index (κ1) is 17.6. The van der Waals surface area contributed by atoms with Crippen LogP contribution in [0.15, 0.2) is 23.2 Å². The predicted octanol–water partition coefficient (Wildman–Crippen LogP) is 2.78. The van der Waals surface area contributed by atoms with Crippen LogP contribution in [0.4, 0.5) is 4.79 Å². The number of carbonyl (C=O) groups is 2. The van der Waals surface area contributed by atoms with E-state index in [2.05, 4.69) is 15.6 Å². The van der Waals surface area contributed by atoms with E-state index in [1.165, 1.54) is 39.5 Å². The maximum atomic E-state index is 12.2. The number of hydrogen-bond acceptors (Lipinski definition) is 4. The molecule has 2 amide bonds. The summed E-state index contributed by atoms with van der Waals surface area (Å²) in [5.74, 6) is -0.373. The molecule has 0 saturated heterocycles. The number of pyridine rings is 1. The van der Waals surface area contributed by atoms with Crippen molar-refractivity contribution >= 4 is 23.8 Å². The molecule has 1 aromatic rings. The minimum Gasteiger partial charge on any atom is -0.465 e. The maximum absolute atomic E-state index is 12.2. The molecule has 0 bridgehead atoms. The van der Waals surface area contributed by atoms with E-state index < -0.39 is 11.6 Å². The molecule has 1 aromatic heterocycles. The first-order chi connectivity index (χ1) is 10.9. The molecule has 0 unspecified atom stereocenters. The number of amides is 2. The molecule has 0 aliphatic heterocycles. The van der Waals surface area contributed by atoms with Crippen LogP contribution in [-0.4, -0.2) is 32.9 Å². The van der Waals surface area contributed by atoms with Crippen molar-refractivity contribution in [3.05, 3.63) is 24.0 Å². The number of carboxylic acid groups (broad SMARTS) is 1. The van der Waals surface area contributed by atoms with Crippen LogP contribution in [0.3, 0.4) is 0 Å². The van der Waals surface area contributed by atoms with Crippen LogP contribution in [0.25, 0.3) is 0 Å². The Morgan fingerprint density at radius 3 is 2.74 bits per heavy atom. The van der Waals surface area contributed by atoms with Gasteiger partial charge in [0.05, 0.1) is 12.2 Å². The van der Waals surface area contributed by atoms with Crippen molar-refractivity contribution < 1.29 is 14.7 Å². The third-order valence-corrected chi connectivity index (χ3v) is 5.28. The largest absolute Gasteiger partial charge is 0.465 e. The molecular formula is C16H23N3O3S. The van der Waals surface area contributed by atoms with Gasteiger partial charge in [-0.1, -0.05) is 12.8 Å². The molecule has 1 aliphatic rings. The first-order valence-corrected chi connectivity index (χ1v) is 8.66. The van der Waals surface area contributed by atoms with E-state index in [-0.39, 0.29) is 5.91 Å². The van der Waals surface area contributed by atoms with Crippen molar-refractivity contribution in [3.63, 3.8) is 0 Å².